The lowest BCUT2D eigenvalue weighted by atomic mass is 9.85. The molecule has 0 bridgehead atoms. The monoisotopic (exact) mass is 141 g/mol. The van der Waals surface area contributed by atoms with Crippen LogP contribution in [0.5, 0.6) is 0 Å². The van der Waals surface area contributed by atoms with Gasteiger partial charge in [0.25, 0.3) is 0 Å². The lowest BCUT2D eigenvalue weighted by molar-refractivity contribution is -0.146. The van der Waals surface area contributed by atoms with E-state index < -0.39 is 0 Å². The Kier molecular flexibility index (Phi) is 1.71. The van der Waals surface area contributed by atoms with Crippen molar-refractivity contribution in [2.45, 2.75) is 33.3 Å². The number of hydrogen-bond acceptors (Lipinski definition) is 2. The largest absolute Gasteiger partial charge is 0.462 e. The Bertz CT molecular complexity index is 153. The third kappa shape index (κ3) is 1.02. The molecule has 0 spiro atoms. The Morgan fingerprint density at radius 2 is 2.40 bits per heavy atom. The van der Waals surface area contributed by atoms with Crippen LogP contribution in [0.25, 0.3) is 0 Å². The summed E-state index contributed by atoms with van der Waals surface area (Å²) in [5.74, 6) is -0.0810. The number of cyclic esters (lactones) is 1. The smallest absolute Gasteiger partial charge is 0.312 e. The predicted molar refractivity (Wildman–Crippen MR) is 38.3 cm³/mol. The van der Waals surface area contributed by atoms with Crippen molar-refractivity contribution in [3.8, 4) is 0 Å². The fraction of sp³-hybridized carbons (Fsp3) is 0.750. The van der Waals surface area contributed by atoms with Crippen LogP contribution in [-0.2, 0) is 9.53 Å². The van der Waals surface area contributed by atoms with Crippen molar-refractivity contribution in [2.24, 2.45) is 5.41 Å². The van der Waals surface area contributed by atoms with Crippen molar-refractivity contribution in [3.63, 3.8) is 0 Å². The quantitative estimate of drug-likeness (QED) is 0.518. The molecule has 2 atom stereocenters. The standard InChI is InChI=1S/C8H13O2/c1-4-8(3)5-6(2)10-7(8)9/h4,6H,5H2,1-3H3/t6?,8-/m0/s1. The minimum Gasteiger partial charge on any atom is -0.462 e. The molecule has 1 aliphatic heterocycles. The lowest BCUT2D eigenvalue weighted by Crippen LogP contribution is -2.21. The Labute approximate surface area is 61.6 Å². The van der Waals surface area contributed by atoms with Gasteiger partial charge in [0.1, 0.15) is 6.10 Å². The molecule has 1 aliphatic rings. The maximum atomic E-state index is 11.1. The second kappa shape index (κ2) is 2.26. The summed E-state index contributed by atoms with van der Waals surface area (Å²) >= 11 is 0. The minimum absolute atomic E-state index is 0.0810. The first-order chi connectivity index (χ1) is 4.58. The molecule has 0 aromatic heterocycles. The summed E-state index contributed by atoms with van der Waals surface area (Å²) in [5.41, 5.74) is -0.320. The van der Waals surface area contributed by atoms with E-state index in [4.69, 9.17) is 4.74 Å². The molecule has 1 saturated heterocycles. The van der Waals surface area contributed by atoms with Crippen molar-refractivity contribution < 1.29 is 9.53 Å². The number of hydrogen-bond donors (Lipinski definition) is 0. The average molecular weight is 141 g/mol. The van der Waals surface area contributed by atoms with Crippen LogP contribution in [-0.4, -0.2) is 12.1 Å². The SMILES string of the molecule is C[CH][C@@]1(C)CC(C)OC1=O. The molecule has 1 heterocycles. The Morgan fingerprint density at radius 3 is 2.60 bits per heavy atom. The van der Waals surface area contributed by atoms with E-state index in [1.165, 1.54) is 0 Å². The minimum atomic E-state index is -0.320. The zero-order valence-corrected chi connectivity index (χ0v) is 6.68. The van der Waals surface area contributed by atoms with Crippen molar-refractivity contribution in [3.05, 3.63) is 6.42 Å². The van der Waals surface area contributed by atoms with Crippen LogP contribution in [0.3, 0.4) is 0 Å². The van der Waals surface area contributed by atoms with E-state index in [0.717, 1.165) is 6.42 Å². The summed E-state index contributed by atoms with van der Waals surface area (Å²) in [7, 11) is 0. The molecule has 10 heavy (non-hydrogen) atoms. The first-order valence-corrected chi connectivity index (χ1v) is 3.60. The maximum absolute atomic E-state index is 11.1. The highest BCUT2D eigenvalue weighted by molar-refractivity contribution is 5.80. The van der Waals surface area contributed by atoms with Gasteiger partial charge >= 0.3 is 5.97 Å². The van der Waals surface area contributed by atoms with E-state index in [0.29, 0.717) is 0 Å². The Hall–Kier alpha value is -0.530. The molecule has 1 rings (SSSR count). The summed E-state index contributed by atoms with van der Waals surface area (Å²) in [4.78, 5) is 11.1. The van der Waals surface area contributed by atoms with Crippen molar-refractivity contribution in [1.82, 2.24) is 0 Å². The molecule has 57 valence electrons. The molecule has 0 aromatic carbocycles. The summed E-state index contributed by atoms with van der Waals surface area (Å²) in [5, 5.41) is 0. The zero-order chi connectivity index (χ0) is 7.78. The fourth-order valence-corrected chi connectivity index (χ4v) is 1.28. The van der Waals surface area contributed by atoms with Gasteiger partial charge < -0.3 is 4.74 Å². The van der Waals surface area contributed by atoms with E-state index in [-0.39, 0.29) is 17.5 Å². The third-order valence-electron chi connectivity index (χ3n) is 2.12. The molecule has 2 heteroatoms. The van der Waals surface area contributed by atoms with E-state index in [9.17, 15) is 4.79 Å². The Morgan fingerprint density at radius 1 is 1.80 bits per heavy atom. The first kappa shape index (κ1) is 7.58. The second-order valence-corrected chi connectivity index (χ2v) is 3.13. The topological polar surface area (TPSA) is 26.3 Å². The van der Waals surface area contributed by atoms with E-state index in [1.807, 2.05) is 27.2 Å². The number of carbonyl (C=O) groups is 1. The molecule has 0 amide bonds. The lowest BCUT2D eigenvalue weighted by Gasteiger charge is -2.14. The molecular weight excluding hydrogens is 128 g/mol. The summed E-state index contributed by atoms with van der Waals surface area (Å²) < 4.78 is 5.00. The van der Waals surface area contributed by atoms with Gasteiger partial charge in [-0.15, -0.1) is 0 Å². The number of rotatable bonds is 1. The van der Waals surface area contributed by atoms with E-state index >= 15 is 0 Å². The fourth-order valence-electron chi connectivity index (χ4n) is 1.28. The van der Waals surface area contributed by atoms with Crippen LogP contribution in [0, 0.1) is 11.8 Å². The van der Waals surface area contributed by atoms with Gasteiger partial charge in [-0.05, 0) is 20.3 Å². The summed E-state index contributed by atoms with van der Waals surface area (Å²) in [6.07, 6.45) is 2.83. The average Bonchev–Trinajstić information content (AvgIpc) is 2.09. The zero-order valence-electron chi connectivity index (χ0n) is 6.68. The van der Waals surface area contributed by atoms with Crippen LogP contribution in [0.4, 0.5) is 0 Å². The molecular formula is C8H13O2. The molecule has 1 fully saturated rings. The molecule has 0 aromatic rings. The predicted octanol–water partition coefficient (Wildman–Crippen LogP) is 1.55. The summed E-state index contributed by atoms with van der Waals surface area (Å²) in [6, 6.07) is 0. The summed E-state index contributed by atoms with van der Waals surface area (Å²) in [6.45, 7) is 5.74. The highest BCUT2D eigenvalue weighted by Crippen LogP contribution is 2.35. The molecule has 0 N–H and O–H groups in total. The Balaban J connectivity index is 2.70. The highest BCUT2D eigenvalue weighted by Gasteiger charge is 2.41. The third-order valence-corrected chi connectivity index (χ3v) is 2.12. The molecule has 2 nitrogen and oxygen atoms in total. The first-order valence-electron chi connectivity index (χ1n) is 3.60. The molecule has 1 unspecified atom stereocenters. The van der Waals surface area contributed by atoms with Gasteiger partial charge in [0.15, 0.2) is 0 Å². The van der Waals surface area contributed by atoms with Crippen LogP contribution >= 0.6 is 0 Å². The van der Waals surface area contributed by atoms with Gasteiger partial charge in [-0.25, -0.2) is 0 Å². The van der Waals surface area contributed by atoms with Gasteiger partial charge in [-0.2, -0.15) is 0 Å². The van der Waals surface area contributed by atoms with Crippen LogP contribution in [0.15, 0.2) is 0 Å². The van der Waals surface area contributed by atoms with Gasteiger partial charge in [-0.1, -0.05) is 6.92 Å². The van der Waals surface area contributed by atoms with Gasteiger partial charge in [0.05, 0.1) is 5.41 Å². The van der Waals surface area contributed by atoms with Gasteiger partial charge in [0.2, 0.25) is 0 Å². The van der Waals surface area contributed by atoms with Crippen molar-refractivity contribution >= 4 is 5.97 Å². The second-order valence-electron chi connectivity index (χ2n) is 3.13. The highest BCUT2D eigenvalue weighted by atomic mass is 16.6. The van der Waals surface area contributed by atoms with E-state index in [2.05, 4.69) is 0 Å². The van der Waals surface area contributed by atoms with Crippen molar-refractivity contribution in [1.29, 1.82) is 0 Å². The van der Waals surface area contributed by atoms with Gasteiger partial charge in [0, 0.05) is 6.42 Å². The van der Waals surface area contributed by atoms with Gasteiger partial charge in [-0.3, -0.25) is 4.79 Å². The normalized spacial score (nSPS) is 39.9. The number of carbonyl (C=O) groups excluding carboxylic acids is 1. The van der Waals surface area contributed by atoms with E-state index in [1.54, 1.807) is 0 Å². The number of esters is 1. The molecule has 0 saturated carbocycles. The maximum Gasteiger partial charge on any atom is 0.312 e. The number of ether oxygens (including phenoxy) is 1. The van der Waals surface area contributed by atoms with Crippen molar-refractivity contribution in [2.75, 3.05) is 0 Å². The van der Waals surface area contributed by atoms with Crippen LogP contribution < -0.4 is 0 Å². The van der Waals surface area contributed by atoms with Crippen LogP contribution in [0.2, 0.25) is 0 Å². The molecule has 0 aliphatic carbocycles. The van der Waals surface area contributed by atoms with Crippen LogP contribution in [0.1, 0.15) is 27.2 Å². The molecule has 1 radical (unpaired) electrons.